The molecule has 8 aromatic rings. The summed E-state index contributed by atoms with van der Waals surface area (Å²) < 4.78 is 5.45. The lowest BCUT2D eigenvalue weighted by atomic mass is 10.0. The number of rotatable bonds is 2. The lowest BCUT2D eigenvalue weighted by molar-refractivity contribution is 1.50. The van der Waals surface area contributed by atoms with Gasteiger partial charge in [0.15, 0.2) is 0 Å². The SMILES string of the molecule is CC.c1ccc(-c2ccc3c(c2)sc2ccccc23)cc1.c1ccc(-c2ccc3c(c2)sc2ccccc23)cc1. The zero-order valence-electron chi connectivity index (χ0n) is 22.7. The van der Waals surface area contributed by atoms with Gasteiger partial charge in [0.05, 0.1) is 0 Å². The molecule has 2 heteroatoms. The van der Waals surface area contributed by atoms with Gasteiger partial charge < -0.3 is 0 Å². The number of hydrogen-bond acceptors (Lipinski definition) is 2. The predicted octanol–water partition coefficient (Wildman–Crippen LogP) is 12.5. The van der Waals surface area contributed by atoms with Gasteiger partial charge in [0.1, 0.15) is 0 Å². The van der Waals surface area contributed by atoms with Crippen LogP contribution in [0.15, 0.2) is 146 Å². The molecule has 0 unspecified atom stereocenters. The maximum atomic E-state index is 2.30. The molecule has 8 rings (SSSR count). The van der Waals surface area contributed by atoms with E-state index in [1.807, 2.05) is 36.5 Å². The maximum Gasteiger partial charge on any atom is 0.0361 e. The minimum atomic E-state index is 1.28. The Hall–Kier alpha value is -4.24. The van der Waals surface area contributed by atoms with Crippen molar-refractivity contribution < 1.29 is 0 Å². The molecular weight excluding hydrogens is 521 g/mol. The molecule has 2 aromatic heterocycles. The third-order valence-electron chi connectivity index (χ3n) is 6.97. The number of benzene rings is 6. The lowest BCUT2D eigenvalue weighted by Crippen LogP contribution is -1.75. The molecule has 0 spiro atoms. The van der Waals surface area contributed by atoms with Crippen LogP contribution in [-0.4, -0.2) is 0 Å². The van der Waals surface area contributed by atoms with Crippen LogP contribution >= 0.6 is 22.7 Å². The molecule has 0 bridgehead atoms. The minimum absolute atomic E-state index is 1.28. The Kier molecular flexibility index (Phi) is 7.72. The fourth-order valence-corrected chi connectivity index (χ4v) is 7.36. The van der Waals surface area contributed by atoms with Gasteiger partial charge in [-0.15, -0.1) is 22.7 Å². The molecule has 194 valence electrons. The van der Waals surface area contributed by atoms with Crippen LogP contribution in [0.5, 0.6) is 0 Å². The smallest absolute Gasteiger partial charge is 0.0361 e. The van der Waals surface area contributed by atoms with Crippen molar-refractivity contribution in [2.45, 2.75) is 13.8 Å². The van der Waals surface area contributed by atoms with E-state index in [1.165, 1.54) is 62.6 Å². The summed E-state index contributed by atoms with van der Waals surface area (Å²) in [5, 5.41) is 5.45. The van der Waals surface area contributed by atoms with Gasteiger partial charge in [-0.3, -0.25) is 0 Å². The van der Waals surface area contributed by atoms with Gasteiger partial charge in [-0.2, -0.15) is 0 Å². The van der Waals surface area contributed by atoms with Crippen molar-refractivity contribution in [3.63, 3.8) is 0 Å². The first-order valence-corrected chi connectivity index (χ1v) is 15.4. The summed E-state index contributed by atoms with van der Waals surface area (Å²) in [6.07, 6.45) is 0. The van der Waals surface area contributed by atoms with Crippen LogP contribution < -0.4 is 0 Å². The van der Waals surface area contributed by atoms with Gasteiger partial charge in [-0.25, -0.2) is 0 Å². The average molecular weight is 551 g/mol. The Bertz CT molecular complexity index is 1860. The Balaban J connectivity index is 0.000000136. The highest BCUT2D eigenvalue weighted by Gasteiger charge is 2.07. The van der Waals surface area contributed by atoms with Crippen LogP contribution in [0.2, 0.25) is 0 Å². The van der Waals surface area contributed by atoms with Crippen LogP contribution in [-0.2, 0) is 0 Å². The third-order valence-corrected chi connectivity index (χ3v) is 9.24. The highest BCUT2D eigenvalue weighted by molar-refractivity contribution is 7.26. The van der Waals surface area contributed by atoms with E-state index in [1.54, 1.807) is 0 Å². The van der Waals surface area contributed by atoms with E-state index in [2.05, 4.69) is 146 Å². The molecule has 0 amide bonds. The molecule has 0 saturated heterocycles. The van der Waals surface area contributed by atoms with E-state index in [0.29, 0.717) is 0 Å². The molecule has 6 aromatic carbocycles. The van der Waals surface area contributed by atoms with Gasteiger partial charge in [0.25, 0.3) is 0 Å². The molecule has 0 N–H and O–H groups in total. The zero-order valence-corrected chi connectivity index (χ0v) is 24.3. The summed E-state index contributed by atoms with van der Waals surface area (Å²) >= 11 is 3.74. The standard InChI is InChI=1S/2C18H12S.C2H6/c2*1-2-6-13(7-3-1)14-10-11-16-15-8-4-5-9-17(15)19-18(16)12-14;1-2/h2*1-12H;1-2H3. The van der Waals surface area contributed by atoms with Crippen LogP contribution in [0, 0.1) is 0 Å². The van der Waals surface area contributed by atoms with E-state index in [4.69, 9.17) is 0 Å². The molecule has 2 heterocycles. The number of fused-ring (bicyclic) bond motifs is 6. The van der Waals surface area contributed by atoms with Crippen molar-refractivity contribution in [3.8, 4) is 22.3 Å². The maximum absolute atomic E-state index is 2.30. The first kappa shape index (κ1) is 26.0. The topological polar surface area (TPSA) is 0 Å². The summed E-state index contributed by atoms with van der Waals surface area (Å²) in [6.45, 7) is 4.00. The Labute approximate surface area is 243 Å². The van der Waals surface area contributed by atoms with E-state index in [0.717, 1.165) is 0 Å². The first-order valence-electron chi connectivity index (χ1n) is 13.8. The molecule has 0 fully saturated rings. The summed E-state index contributed by atoms with van der Waals surface area (Å²) in [5.41, 5.74) is 5.14. The van der Waals surface area contributed by atoms with Gasteiger partial charge in [-0.1, -0.05) is 135 Å². The van der Waals surface area contributed by atoms with Gasteiger partial charge in [0, 0.05) is 40.3 Å². The quantitative estimate of drug-likeness (QED) is 0.201. The van der Waals surface area contributed by atoms with Gasteiger partial charge in [0.2, 0.25) is 0 Å². The second kappa shape index (κ2) is 11.9. The summed E-state index contributed by atoms with van der Waals surface area (Å²) in [4.78, 5) is 0. The second-order valence-electron chi connectivity index (χ2n) is 9.35. The summed E-state index contributed by atoms with van der Waals surface area (Å²) in [6, 6.07) is 51.9. The number of hydrogen-bond donors (Lipinski definition) is 0. The molecule has 0 radical (unpaired) electrons. The predicted molar refractivity (Wildman–Crippen MR) is 181 cm³/mol. The van der Waals surface area contributed by atoms with Crippen molar-refractivity contribution in [3.05, 3.63) is 146 Å². The van der Waals surface area contributed by atoms with E-state index < -0.39 is 0 Å². The molecule has 0 aliphatic rings. The minimum Gasteiger partial charge on any atom is -0.135 e. The van der Waals surface area contributed by atoms with Crippen LogP contribution in [0.3, 0.4) is 0 Å². The highest BCUT2D eigenvalue weighted by atomic mass is 32.1. The fourth-order valence-electron chi connectivity index (χ4n) is 5.07. The van der Waals surface area contributed by atoms with E-state index in [-0.39, 0.29) is 0 Å². The second-order valence-corrected chi connectivity index (χ2v) is 11.5. The van der Waals surface area contributed by atoms with E-state index in [9.17, 15) is 0 Å². The highest BCUT2D eigenvalue weighted by Crippen LogP contribution is 2.37. The van der Waals surface area contributed by atoms with Crippen LogP contribution in [0.4, 0.5) is 0 Å². The molecule has 0 aliphatic heterocycles. The van der Waals surface area contributed by atoms with Crippen LogP contribution in [0.25, 0.3) is 62.6 Å². The summed E-state index contributed by atoms with van der Waals surface area (Å²) in [5.74, 6) is 0. The molecule has 0 saturated carbocycles. The number of thiophene rings is 2. The summed E-state index contributed by atoms with van der Waals surface area (Å²) in [7, 11) is 0. The molecule has 0 aliphatic carbocycles. The average Bonchev–Trinajstić information content (AvgIpc) is 3.60. The van der Waals surface area contributed by atoms with Gasteiger partial charge >= 0.3 is 0 Å². The van der Waals surface area contributed by atoms with Gasteiger partial charge in [-0.05, 0) is 46.5 Å². The molecule has 0 atom stereocenters. The third kappa shape index (κ3) is 5.16. The van der Waals surface area contributed by atoms with Crippen molar-refractivity contribution in [2.24, 2.45) is 0 Å². The molecule has 0 nitrogen and oxygen atoms in total. The largest absolute Gasteiger partial charge is 0.135 e. The van der Waals surface area contributed by atoms with Crippen LogP contribution in [0.1, 0.15) is 13.8 Å². The molecule has 40 heavy (non-hydrogen) atoms. The zero-order chi connectivity index (χ0) is 27.3. The Morgan fingerprint density at radius 1 is 0.300 bits per heavy atom. The van der Waals surface area contributed by atoms with Crippen molar-refractivity contribution in [1.82, 2.24) is 0 Å². The monoisotopic (exact) mass is 550 g/mol. The van der Waals surface area contributed by atoms with Crippen molar-refractivity contribution in [2.75, 3.05) is 0 Å². The first-order chi connectivity index (χ1) is 19.8. The Morgan fingerprint density at radius 3 is 1.07 bits per heavy atom. The normalized spacial score (nSPS) is 10.8. The van der Waals surface area contributed by atoms with E-state index >= 15 is 0 Å². The Morgan fingerprint density at radius 2 is 0.650 bits per heavy atom. The lowest BCUT2D eigenvalue weighted by Gasteiger charge is -2.01. The molecular formula is C38H30S2. The van der Waals surface area contributed by atoms with Crippen molar-refractivity contribution >= 4 is 63.0 Å². The van der Waals surface area contributed by atoms with Crippen molar-refractivity contribution in [1.29, 1.82) is 0 Å². The fraction of sp³-hybridized carbons (Fsp3) is 0.0526.